The van der Waals surface area contributed by atoms with Crippen molar-refractivity contribution in [3.05, 3.63) is 102 Å². The van der Waals surface area contributed by atoms with Crippen molar-refractivity contribution in [2.45, 2.75) is 12.3 Å². The average molecular weight is 392 g/mol. The Morgan fingerprint density at radius 2 is 1.27 bits per heavy atom. The number of hydrogen-bond donors (Lipinski definition) is 0. The summed E-state index contributed by atoms with van der Waals surface area (Å²) in [6.07, 6.45) is 5.47. The van der Waals surface area contributed by atoms with E-state index in [1.807, 2.05) is 12.1 Å². The summed E-state index contributed by atoms with van der Waals surface area (Å²) in [6, 6.07) is 27.9. The summed E-state index contributed by atoms with van der Waals surface area (Å²) < 4.78 is 15.1. The first kappa shape index (κ1) is 16.0. The monoisotopic (exact) mass is 392 g/mol. The molecule has 7 rings (SSSR count). The van der Waals surface area contributed by atoms with Gasteiger partial charge in [0.2, 0.25) is 23.8 Å². The highest BCUT2D eigenvalue weighted by molar-refractivity contribution is 5.81. The van der Waals surface area contributed by atoms with E-state index in [-0.39, 0.29) is 0 Å². The van der Waals surface area contributed by atoms with E-state index < -0.39 is 5.91 Å². The van der Waals surface area contributed by atoms with Crippen LogP contribution in [0.2, 0.25) is 0 Å². The van der Waals surface area contributed by atoms with Crippen molar-refractivity contribution in [2.75, 3.05) is 7.11 Å². The van der Waals surface area contributed by atoms with Crippen molar-refractivity contribution in [3.63, 3.8) is 0 Å². The Bertz CT molecular complexity index is 1380. The van der Waals surface area contributed by atoms with Crippen LogP contribution < -0.4 is 4.74 Å². The third-order valence-electron chi connectivity index (χ3n) is 6.50. The zero-order valence-corrected chi connectivity index (χ0v) is 16.6. The molecule has 5 heteroatoms. The lowest BCUT2D eigenvalue weighted by Crippen LogP contribution is -2.54. The molecule has 5 nitrogen and oxygen atoms in total. The highest BCUT2D eigenvalue weighted by Crippen LogP contribution is 2.46. The summed E-state index contributed by atoms with van der Waals surface area (Å²) in [4.78, 5) is 0. The molecule has 144 valence electrons. The third kappa shape index (κ3) is 1.74. The predicted molar refractivity (Wildman–Crippen MR) is 115 cm³/mol. The second kappa shape index (κ2) is 5.39. The molecular formula is C25H20N4O+2. The molecule has 4 aromatic rings. The Morgan fingerprint density at radius 3 is 1.83 bits per heavy atom. The van der Waals surface area contributed by atoms with Gasteiger partial charge in [-0.3, -0.25) is 0 Å². The van der Waals surface area contributed by atoms with Crippen molar-refractivity contribution < 1.29 is 13.9 Å². The second-order valence-corrected chi connectivity index (χ2v) is 7.98. The minimum atomic E-state index is -0.545. The molecule has 0 amide bonds. The average Bonchev–Trinajstić information content (AvgIpc) is 3.55. The van der Waals surface area contributed by atoms with Crippen LogP contribution >= 0.6 is 0 Å². The number of ether oxygens (including phenoxy) is 1. The lowest BCUT2D eigenvalue weighted by Gasteiger charge is -2.29. The van der Waals surface area contributed by atoms with Gasteiger partial charge in [-0.1, -0.05) is 27.4 Å². The molecular weight excluding hydrogens is 372 g/mol. The van der Waals surface area contributed by atoms with Gasteiger partial charge >= 0.3 is 5.91 Å². The first-order valence-corrected chi connectivity index (χ1v) is 10.2. The number of para-hydroxylation sites is 1. The summed E-state index contributed by atoms with van der Waals surface area (Å²) >= 11 is 0. The van der Waals surface area contributed by atoms with Gasteiger partial charge in [-0.2, -0.15) is 9.13 Å². The molecule has 0 saturated carbocycles. The van der Waals surface area contributed by atoms with E-state index in [1.54, 1.807) is 7.11 Å². The van der Waals surface area contributed by atoms with E-state index >= 15 is 0 Å². The van der Waals surface area contributed by atoms with Gasteiger partial charge in [-0.15, -0.1) is 0 Å². The molecule has 0 saturated heterocycles. The Morgan fingerprint density at radius 1 is 0.700 bits per heavy atom. The standard InChI is InChI=1S/C25H20N4O/c1-30-24-13-11-19(12-14-24)27-17-23-10-8-21-15-20-7-9-22-16-26(18-5-3-2-4-6-18)25(27,28(20)22)29(21)23/h2-14,16-17H,15H2,1H3/q+2/t25-/m1/s1. The molecule has 30 heavy (non-hydrogen) atoms. The van der Waals surface area contributed by atoms with Gasteiger partial charge in [0, 0.05) is 42.1 Å². The highest BCUT2D eigenvalue weighted by Gasteiger charge is 2.68. The van der Waals surface area contributed by atoms with Gasteiger partial charge < -0.3 is 4.74 Å². The molecule has 0 fully saturated rings. The van der Waals surface area contributed by atoms with Crippen LogP contribution in [0, 0.1) is 0 Å². The molecule has 3 aliphatic heterocycles. The van der Waals surface area contributed by atoms with Crippen molar-refractivity contribution in [1.82, 2.24) is 9.13 Å². The second-order valence-electron chi connectivity index (χ2n) is 7.98. The third-order valence-corrected chi connectivity index (χ3v) is 6.50. The van der Waals surface area contributed by atoms with Crippen LogP contribution in [0.3, 0.4) is 0 Å². The maximum absolute atomic E-state index is 5.40. The molecule has 1 spiro atoms. The minimum Gasteiger partial charge on any atom is -0.497 e. The van der Waals surface area contributed by atoms with E-state index in [4.69, 9.17) is 4.74 Å². The number of nitrogens with zero attached hydrogens (tertiary/aromatic N) is 4. The predicted octanol–water partition coefficient (Wildman–Crippen LogP) is 3.87. The van der Waals surface area contributed by atoms with E-state index in [2.05, 4.69) is 97.4 Å². The molecule has 0 aliphatic carbocycles. The first-order valence-electron chi connectivity index (χ1n) is 10.2. The summed E-state index contributed by atoms with van der Waals surface area (Å²) in [5.41, 5.74) is 7.36. The van der Waals surface area contributed by atoms with Crippen LogP contribution in [0.25, 0.3) is 0 Å². The smallest absolute Gasteiger partial charge is 0.497 e. The Labute approximate surface area is 174 Å². The minimum absolute atomic E-state index is 0.545. The van der Waals surface area contributed by atoms with Crippen molar-refractivity contribution in [2.24, 2.45) is 0 Å². The van der Waals surface area contributed by atoms with E-state index in [9.17, 15) is 0 Å². The molecule has 0 N–H and O–H groups in total. The van der Waals surface area contributed by atoms with Gasteiger partial charge in [0.1, 0.15) is 17.1 Å². The van der Waals surface area contributed by atoms with Crippen LogP contribution in [-0.2, 0) is 12.3 Å². The molecule has 0 unspecified atom stereocenters. The van der Waals surface area contributed by atoms with Crippen LogP contribution in [0.1, 0.15) is 22.8 Å². The van der Waals surface area contributed by atoms with Crippen molar-refractivity contribution in [1.29, 1.82) is 0 Å². The fourth-order valence-electron chi connectivity index (χ4n) is 5.30. The Kier molecular flexibility index (Phi) is 2.87. The highest BCUT2D eigenvalue weighted by atomic mass is 16.5. The topological polar surface area (TPSA) is 25.1 Å². The molecule has 3 aliphatic rings. The van der Waals surface area contributed by atoms with Crippen LogP contribution in [0.5, 0.6) is 5.75 Å². The molecule has 1 atom stereocenters. The Hall–Kier alpha value is -3.86. The molecule has 5 heterocycles. The zero-order valence-electron chi connectivity index (χ0n) is 16.6. The van der Waals surface area contributed by atoms with E-state index in [0.29, 0.717) is 0 Å². The normalized spacial score (nSPS) is 19.9. The zero-order chi connectivity index (χ0) is 19.9. The summed E-state index contributed by atoms with van der Waals surface area (Å²) in [6.45, 7) is 0. The summed E-state index contributed by atoms with van der Waals surface area (Å²) in [5.74, 6) is 0.316. The molecule has 2 aromatic carbocycles. The van der Waals surface area contributed by atoms with Crippen LogP contribution in [-0.4, -0.2) is 37.8 Å². The Balaban J connectivity index is 1.57. The quantitative estimate of drug-likeness (QED) is 0.486. The van der Waals surface area contributed by atoms with Crippen molar-refractivity contribution >= 4 is 23.8 Å². The number of aromatic nitrogens is 2. The fourth-order valence-corrected chi connectivity index (χ4v) is 5.30. The largest absolute Gasteiger partial charge is 0.552 e. The van der Waals surface area contributed by atoms with Crippen LogP contribution in [0.15, 0.2) is 78.9 Å². The maximum Gasteiger partial charge on any atom is 0.552 e. The number of benzene rings is 2. The van der Waals surface area contributed by atoms with Gasteiger partial charge in [0.15, 0.2) is 0 Å². The van der Waals surface area contributed by atoms with Gasteiger partial charge in [-0.25, -0.2) is 0 Å². The van der Waals surface area contributed by atoms with Gasteiger partial charge in [0.05, 0.1) is 7.11 Å². The number of hydrogen-bond acceptors (Lipinski definition) is 1. The summed E-state index contributed by atoms with van der Waals surface area (Å²) in [7, 11) is 1.70. The van der Waals surface area contributed by atoms with Gasteiger partial charge in [-0.05, 0) is 36.4 Å². The van der Waals surface area contributed by atoms with E-state index in [0.717, 1.165) is 23.5 Å². The van der Waals surface area contributed by atoms with E-state index in [1.165, 1.54) is 22.8 Å². The van der Waals surface area contributed by atoms with Gasteiger partial charge in [0.25, 0.3) is 0 Å². The van der Waals surface area contributed by atoms with Crippen LogP contribution in [0.4, 0.5) is 11.4 Å². The lowest BCUT2D eigenvalue weighted by atomic mass is 10.1. The summed E-state index contributed by atoms with van der Waals surface area (Å²) in [5, 5.41) is 0. The maximum atomic E-state index is 5.40. The molecule has 0 radical (unpaired) electrons. The molecule has 0 bridgehead atoms. The fraction of sp³-hybridized carbons (Fsp3) is 0.120. The molecule has 2 aromatic heterocycles. The number of methoxy groups -OCH3 is 1. The lowest BCUT2D eigenvalue weighted by molar-refractivity contribution is -0.798. The SMILES string of the molecule is COc1ccc([N+]2=Cc3ccc4n3[C@@]23n2c(ccc2C4)C=[N+]3c2ccccc2)cc1. The first-order chi connectivity index (χ1) is 14.8. The van der Waals surface area contributed by atoms with Crippen molar-refractivity contribution in [3.8, 4) is 5.75 Å². The number of rotatable bonds is 3.